The largest absolute Gasteiger partial charge is 0.465 e. The number of rotatable bonds is 5. The molecule has 0 radical (unpaired) electrons. The maximum absolute atomic E-state index is 12.8. The lowest BCUT2D eigenvalue weighted by Gasteiger charge is -2.13. The number of H-pyrrole nitrogens is 1. The van der Waals surface area contributed by atoms with E-state index >= 15 is 0 Å². The van der Waals surface area contributed by atoms with E-state index in [4.69, 9.17) is 9.47 Å². The third-order valence-corrected chi connectivity index (χ3v) is 5.88. The summed E-state index contributed by atoms with van der Waals surface area (Å²) in [6.45, 7) is 4.76. The molecule has 1 aliphatic rings. The number of carbonyl (C=O) groups is 4. The first kappa shape index (κ1) is 21.6. The molecule has 1 aliphatic heterocycles. The Morgan fingerprint density at radius 1 is 1.17 bits per heavy atom. The van der Waals surface area contributed by atoms with E-state index in [1.165, 1.54) is 25.8 Å². The van der Waals surface area contributed by atoms with Crippen LogP contribution in [0.5, 0.6) is 0 Å². The van der Waals surface area contributed by atoms with Gasteiger partial charge in [-0.3, -0.25) is 9.59 Å². The summed E-state index contributed by atoms with van der Waals surface area (Å²) in [7, 11) is 1.27. The highest BCUT2D eigenvalue weighted by atomic mass is 32.2. The van der Waals surface area contributed by atoms with Gasteiger partial charge in [0.25, 0.3) is 0 Å². The molecule has 8 nitrogen and oxygen atoms in total. The SMILES string of the molecule is COC(=O)c1c(C)[nH]c(C(=O)[C@H](C)OC(=O)c2ccc3c(c2)NC(=O)CCS3)c1C. The third-order valence-electron chi connectivity index (χ3n) is 4.80. The first-order chi connectivity index (χ1) is 14.2. The predicted molar refractivity (Wildman–Crippen MR) is 111 cm³/mol. The predicted octanol–water partition coefficient (Wildman–Crippen LogP) is 3.28. The second-order valence-electron chi connectivity index (χ2n) is 6.89. The number of ether oxygens (including phenoxy) is 2. The maximum atomic E-state index is 12.8. The second kappa shape index (κ2) is 8.74. The third kappa shape index (κ3) is 4.25. The Morgan fingerprint density at radius 3 is 2.60 bits per heavy atom. The molecule has 0 aliphatic carbocycles. The van der Waals surface area contributed by atoms with Crippen molar-refractivity contribution < 1.29 is 28.7 Å². The van der Waals surface area contributed by atoms with Gasteiger partial charge in [-0.1, -0.05) is 0 Å². The Bertz CT molecular complexity index is 1040. The van der Waals surface area contributed by atoms with Crippen molar-refractivity contribution in [1.82, 2.24) is 4.98 Å². The molecule has 158 valence electrons. The maximum Gasteiger partial charge on any atom is 0.339 e. The molecule has 3 rings (SSSR count). The summed E-state index contributed by atoms with van der Waals surface area (Å²) in [5.41, 5.74) is 2.20. The highest BCUT2D eigenvalue weighted by Gasteiger charge is 2.28. The Balaban J connectivity index is 1.77. The number of amides is 1. The minimum atomic E-state index is -1.08. The lowest BCUT2D eigenvalue weighted by molar-refractivity contribution is -0.115. The highest BCUT2D eigenvalue weighted by molar-refractivity contribution is 7.99. The molecule has 0 saturated heterocycles. The van der Waals surface area contributed by atoms with Crippen molar-refractivity contribution in [2.75, 3.05) is 18.2 Å². The summed E-state index contributed by atoms with van der Waals surface area (Å²) in [4.78, 5) is 52.8. The van der Waals surface area contributed by atoms with Crippen molar-refractivity contribution in [2.24, 2.45) is 0 Å². The lowest BCUT2D eigenvalue weighted by atomic mass is 10.1. The quantitative estimate of drug-likeness (QED) is 0.553. The number of methoxy groups -OCH3 is 1. The van der Waals surface area contributed by atoms with Crippen molar-refractivity contribution in [3.8, 4) is 0 Å². The van der Waals surface area contributed by atoms with Gasteiger partial charge >= 0.3 is 11.9 Å². The molecule has 1 aromatic heterocycles. The van der Waals surface area contributed by atoms with E-state index in [1.54, 1.807) is 32.0 Å². The molecule has 2 heterocycles. The Kier molecular flexibility index (Phi) is 6.31. The number of fused-ring (bicyclic) bond motifs is 1. The summed E-state index contributed by atoms with van der Waals surface area (Å²) in [5, 5.41) is 2.77. The lowest BCUT2D eigenvalue weighted by Crippen LogP contribution is -2.25. The van der Waals surface area contributed by atoms with Crippen LogP contribution >= 0.6 is 11.8 Å². The first-order valence-electron chi connectivity index (χ1n) is 9.32. The van der Waals surface area contributed by atoms with E-state index in [9.17, 15) is 19.2 Å². The van der Waals surface area contributed by atoms with E-state index in [2.05, 4.69) is 10.3 Å². The van der Waals surface area contributed by atoms with Crippen molar-refractivity contribution in [2.45, 2.75) is 38.2 Å². The van der Waals surface area contributed by atoms with Crippen LogP contribution in [0, 0.1) is 13.8 Å². The van der Waals surface area contributed by atoms with Crippen LogP contribution in [-0.4, -0.2) is 47.6 Å². The van der Waals surface area contributed by atoms with Crippen LogP contribution in [0.2, 0.25) is 0 Å². The van der Waals surface area contributed by atoms with Crippen molar-refractivity contribution >= 4 is 41.1 Å². The molecule has 2 N–H and O–H groups in total. The summed E-state index contributed by atoms with van der Waals surface area (Å²) in [5.74, 6) is -1.14. The fourth-order valence-electron chi connectivity index (χ4n) is 3.24. The van der Waals surface area contributed by atoms with Crippen LogP contribution in [0.4, 0.5) is 5.69 Å². The van der Waals surface area contributed by atoms with Crippen molar-refractivity contribution in [3.05, 3.63) is 46.3 Å². The second-order valence-corrected chi connectivity index (χ2v) is 8.02. The fourth-order valence-corrected chi connectivity index (χ4v) is 4.17. The number of aromatic nitrogens is 1. The zero-order chi connectivity index (χ0) is 22.0. The van der Waals surface area contributed by atoms with Gasteiger partial charge in [-0.05, 0) is 44.5 Å². The number of anilines is 1. The molecular formula is C21H22N2O6S. The number of ketones is 1. The first-order valence-corrected chi connectivity index (χ1v) is 10.3. The van der Waals surface area contributed by atoms with Crippen molar-refractivity contribution in [1.29, 1.82) is 0 Å². The molecule has 0 unspecified atom stereocenters. The number of nitrogens with one attached hydrogen (secondary N) is 2. The number of aromatic amines is 1. The molecule has 2 aromatic rings. The molecule has 0 bridgehead atoms. The summed E-state index contributed by atoms with van der Waals surface area (Å²) >= 11 is 1.53. The fraction of sp³-hybridized carbons (Fsp3) is 0.333. The Morgan fingerprint density at radius 2 is 1.90 bits per heavy atom. The smallest absolute Gasteiger partial charge is 0.339 e. The average molecular weight is 430 g/mol. The Labute approximate surface area is 177 Å². The number of aryl methyl sites for hydroxylation is 1. The van der Waals surface area contributed by atoms with Gasteiger partial charge in [0.05, 0.1) is 29.6 Å². The molecule has 9 heteroatoms. The minimum absolute atomic E-state index is 0.116. The molecule has 1 amide bonds. The van der Waals surface area contributed by atoms with E-state index in [0.717, 1.165) is 4.90 Å². The van der Waals surface area contributed by atoms with E-state index in [-0.39, 0.29) is 17.2 Å². The Hall–Kier alpha value is -3.07. The molecule has 1 atom stereocenters. The zero-order valence-electron chi connectivity index (χ0n) is 17.1. The zero-order valence-corrected chi connectivity index (χ0v) is 17.9. The number of carbonyl (C=O) groups excluding carboxylic acids is 4. The van der Waals surface area contributed by atoms with Crippen LogP contribution in [0.3, 0.4) is 0 Å². The summed E-state index contributed by atoms with van der Waals surface area (Å²) in [6, 6.07) is 4.89. The number of Topliss-reactive ketones (excluding diaryl/α,β-unsaturated/α-hetero) is 1. The standard InChI is InChI=1S/C21H22N2O6S/c1-10-17(21(27)28-4)11(2)22-18(10)19(25)12(3)29-20(26)13-5-6-15-14(9-13)23-16(24)7-8-30-15/h5-6,9,12,22H,7-8H2,1-4H3,(H,23,24)/t12-/m0/s1. The topological polar surface area (TPSA) is 115 Å². The molecule has 1 aromatic carbocycles. The van der Waals surface area contributed by atoms with Crippen LogP contribution in [0.25, 0.3) is 0 Å². The molecule has 0 saturated carbocycles. The highest BCUT2D eigenvalue weighted by Crippen LogP contribution is 2.31. The van der Waals surface area contributed by atoms with E-state index in [1.807, 2.05) is 0 Å². The molecule has 0 spiro atoms. The van der Waals surface area contributed by atoms with Crippen LogP contribution in [0.1, 0.15) is 55.8 Å². The molecule has 0 fully saturated rings. The van der Waals surface area contributed by atoms with Gasteiger partial charge in [-0.25, -0.2) is 9.59 Å². The summed E-state index contributed by atoms with van der Waals surface area (Å²) in [6.07, 6.45) is -0.685. The van der Waals surface area contributed by atoms with Crippen LogP contribution in [0.15, 0.2) is 23.1 Å². The van der Waals surface area contributed by atoms with Gasteiger partial charge < -0.3 is 19.8 Å². The normalized spacial score (nSPS) is 14.2. The van der Waals surface area contributed by atoms with Gasteiger partial charge in [0.15, 0.2) is 6.10 Å². The van der Waals surface area contributed by atoms with E-state index < -0.39 is 23.8 Å². The van der Waals surface area contributed by atoms with Gasteiger partial charge in [0.1, 0.15) is 0 Å². The number of esters is 2. The number of hydrogen-bond acceptors (Lipinski definition) is 7. The summed E-state index contributed by atoms with van der Waals surface area (Å²) < 4.78 is 10.1. The number of hydrogen-bond donors (Lipinski definition) is 2. The average Bonchev–Trinajstić information content (AvgIpc) is 2.88. The van der Waals surface area contributed by atoms with E-state index in [0.29, 0.717) is 34.7 Å². The van der Waals surface area contributed by atoms with Crippen LogP contribution in [-0.2, 0) is 14.3 Å². The minimum Gasteiger partial charge on any atom is -0.465 e. The number of benzene rings is 1. The van der Waals surface area contributed by atoms with Gasteiger partial charge in [0, 0.05) is 22.8 Å². The molecule has 30 heavy (non-hydrogen) atoms. The van der Waals surface area contributed by atoms with Gasteiger partial charge in [0.2, 0.25) is 11.7 Å². The van der Waals surface area contributed by atoms with Gasteiger partial charge in [-0.2, -0.15) is 0 Å². The van der Waals surface area contributed by atoms with Gasteiger partial charge in [-0.15, -0.1) is 11.8 Å². The van der Waals surface area contributed by atoms with Crippen molar-refractivity contribution in [3.63, 3.8) is 0 Å². The monoisotopic (exact) mass is 430 g/mol. The molecular weight excluding hydrogens is 408 g/mol. The van der Waals surface area contributed by atoms with Crippen LogP contribution < -0.4 is 5.32 Å². The number of thioether (sulfide) groups is 1.